The molecular formula is C7H2ClF6N. The second-order valence-corrected chi connectivity index (χ2v) is 2.92. The smallest absolute Gasteiger partial charge is 0.263 e. The molecule has 1 rings (SSSR count). The number of hydrogen-bond acceptors (Lipinski definition) is 1. The number of alkyl halides is 6. The Morgan fingerprint density at radius 1 is 0.867 bits per heavy atom. The van der Waals surface area contributed by atoms with Crippen LogP contribution < -0.4 is 0 Å². The van der Waals surface area contributed by atoms with E-state index < -0.39 is 28.5 Å². The predicted molar refractivity (Wildman–Crippen MR) is 39.3 cm³/mol. The Morgan fingerprint density at radius 3 is 1.47 bits per heavy atom. The van der Waals surface area contributed by atoms with E-state index in [1.165, 1.54) is 0 Å². The maximum atomic E-state index is 12.1. The lowest BCUT2D eigenvalue weighted by molar-refractivity contribution is -0.143. The molecule has 1 aromatic heterocycles. The SMILES string of the molecule is FC(F)(F)c1cncc(C(F)(F)F)c1Cl. The fraction of sp³-hybridized carbons (Fsp3) is 0.286. The van der Waals surface area contributed by atoms with Gasteiger partial charge in [0.25, 0.3) is 0 Å². The van der Waals surface area contributed by atoms with Crippen molar-refractivity contribution in [1.82, 2.24) is 4.98 Å². The number of rotatable bonds is 0. The van der Waals surface area contributed by atoms with Crippen LogP contribution in [-0.4, -0.2) is 4.98 Å². The molecule has 0 fully saturated rings. The Hall–Kier alpha value is -0.980. The molecule has 8 heteroatoms. The zero-order valence-electron chi connectivity index (χ0n) is 6.75. The van der Waals surface area contributed by atoms with Crippen LogP contribution in [0.2, 0.25) is 5.02 Å². The molecule has 0 aliphatic heterocycles. The minimum absolute atomic E-state index is 0.248. The molecule has 84 valence electrons. The zero-order chi connectivity index (χ0) is 11.9. The third kappa shape index (κ3) is 2.53. The van der Waals surface area contributed by atoms with E-state index in [0.717, 1.165) is 0 Å². The van der Waals surface area contributed by atoms with E-state index in [2.05, 4.69) is 4.98 Å². The normalized spacial score (nSPS) is 13.0. The third-order valence-electron chi connectivity index (χ3n) is 1.49. The maximum Gasteiger partial charge on any atom is 0.419 e. The summed E-state index contributed by atoms with van der Waals surface area (Å²) in [6.45, 7) is 0. The lowest BCUT2D eigenvalue weighted by atomic mass is 10.2. The highest BCUT2D eigenvalue weighted by atomic mass is 35.5. The van der Waals surface area contributed by atoms with Crippen molar-refractivity contribution in [3.05, 3.63) is 28.5 Å². The first-order chi connectivity index (χ1) is 6.64. The highest BCUT2D eigenvalue weighted by molar-refractivity contribution is 6.32. The van der Waals surface area contributed by atoms with E-state index in [0.29, 0.717) is 0 Å². The first kappa shape index (κ1) is 12.1. The van der Waals surface area contributed by atoms with Crippen molar-refractivity contribution in [2.75, 3.05) is 0 Å². The minimum Gasteiger partial charge on any atom is -0.263 e. The summed E-state index contributed by atoms with van der Waals surface area (Å²) in [5.41, 5.74) is -3.20. The molecule has 0 saturated heterocycles. The van der Waals surface area contributed by atoms with Crippen LogP contribution in [0.4, 0.5) is 26.3 Å². The summed E-state index contributed by atoms with van der Waals surface area (Å²) in [4.78, 5) is 2.85. The van der Waals surface area contributed by atoms with E-state index >= 15 is 0 Å². The van der Waals surface area contributed by atoms with Crippen LogP contribution in [0.3, 0.4) is 0 Å². The number of hydrogen-bond donors (Lipinski definition) is 0. The highest BCUT2D eigenvalue weighted by Gasteiger charge is 2.40. The molecule has 0 aromatic carbocycles. The van der Waals surface area contributed by atoms with Crippen LogP contribution in [-0.2, 0) is 12.4 Å². The van der Waals surface area contributed by atoms with Crippen LogP contribution in [0.25, 0.3) is 0 Å². The number of pyridine rings is 1. The van der Waals surface area contributed by atoms with E-state index in [-0.39, 0.29) is 12.4 Å². The summed E-state index contributed by atoms with van der Waals surface area (Å²) in [6, 6.07) is 0. The average Bonchev–Trinajstić information content (AvgIpc) is 1.99. The second kappa shape index (κ2) is 3.55. The first-order valence-corrected chi connectivity index (χ1v) is 3.79. The molecule has 0 aliphatic rings. The van der Waals surface area contributed by atoms with Crippen molar-refractivity contribution < 1.29 is 26.3 Å². The Labute approximate surface area is 84.7 Å². The van der Waals surface area contributed by atoms with Gasteiger partial charge in [-0.2, -0.15) is 26.3 Å². The lowest BCUT2D eigenvalue weighted by Gasteiger charge is -2.13. The van der Waals surface area contributed by atoms with E-state index in [9.17, 15) is 26.3 Å². The van der Waals surface area contributed by atoms with Gasteiger partial charge < -0.3 is 0 Å². The van der Waals surface area contributed by atoms with Crippen molar-refractivity contribution in [3.63, 3.8) is 0 Å². The molecule has 1 nitrogen and oxygen atoms in total. The summed E-state index contributed by atoms with van der Waals surface area (Å²) in [7, 11) is 0. The average molecular weight is 250 g/mol. The molecule has 0 atom stereocenters. The highest BCUT2D eigenvalue weighted by Crippen LogP contribution is 2.41. The largest absolute Gasteiger partial charge is 0.419 e. The van der Waals surface area contributed by atoms with Gasteiger partial charge in [0.15, 0.2) is 0 Å². The topological polar surface area (TPSA) is 12.9 Å². The number of halogens is 7. The molecule has 0 amide bonds. The second-order valence-electron chi connectivity index (χ2n) is 2.54. The maximum absolute atomic E-state index is 12.1. The molecule has 0 radical (unpaired) electrons. The fourth-order valence-electron chi connectivity index (χ4n) is 0.840. The van der Waals surface area contributed by atoms with Gasteiger partial charge in [-0.25, -0.2) is 0 Å². The van der Waals surface area contributed by atoms with Crippen LogP contribution in [0, 0.1) is 0 Å². The van der Waals surface area contributed by atoms with Crippen molar-refractivity contribution >= 4 is 11.6 Å². The molecule has 1 aromatic rings. The summed E-state index contributed by atoms with van der Waals surface area (Å²) in [5, 5.41) is -1.38. The predicted octanol–water partition coefficient (Wildman–Crippen LogP) is 3.77. The monoisotopic (exact) mass is 249 g/mol. The Morgan fingerprint density at radius 2 is 1.20 bits per heavy atom. The fourth-order valence-corrected chi connectivity index (χ4v) is 1.15. The first-order valence-electron chi connectivity index (χ1n) is 3.42. The van der Waals surface area contributed by atoms with Crippen LogP contribution in [0.15, 0.2) is 12.4 Å². The molecule has 15 heavy (non-hydrogen) atoms. The van der Waals surface area contributed by atoms with Gasteiger partial charge in [0.1, 0.15) is 0 Å². The number of nitrogens with zero attached hydrogens (tertiary/aromatic N) is 1. The molecule has 1 heterocycles. The van der Waals surface area contributed by atoms with E-state index in [4.69, 9.17) is 11.6 Å². The van der Waals surface area contributed by atoms with Gasteiger partial charge in [-0.1, -0.05) is 11.6 Å². The van der Waals surface area contributed by atoms with Crippen LogP contribution in [0.5, 0.6) is 0 Å². The minimum atomic E-state index is -4.95. The standard InChI is InChI=1S/C7H2ClF6N/c8-5-3(6(9,10)11)1-15-2-4(5)7(12,13)14/h1-2H. The third-order valence-corrected chi connectivity index (χ3v) is 1.90. The quantitative estimate of drug-likeness (QED) is 0.638. The zero-order valence-corrected chi connectivity index (χ0v) is 7.50. The van der Waals surface area contributed by atoms with Gasteiger partial charge in [-0.05, 0) is 0 Å². The van der Waals surface area contributed by atoms with Gasteiger partial charge >= 0.3 is 12.4 Å². The lowest BCUT2D eigenvalue weighted by Crippen LogP contribution is -2.13. The molecule has 0 unspecified atom stereocenters. The molecule has 0 bridgehead atoms. The van der Waals surface area contributed by atoms with Gasteiger partial charge in [0.2, 0.25) is 0 Å². The molecular weight excluding hydrogens is 248 g/mol. The van der Waals surface area contributed by atoms with Crippen LogP contribution in [0.1, 0.15) is 11.1 Å². The Kier molecular flexibility index (Phi) is 2.86. The van der Waals surface area contributed by atoms with Crippen molar-refractivity contribution in [1.29, 1.82) is 0 Å². The molecule has 0 aliphatic carbocycles. The Bertz CT molecular complexity index is 336. The van der Waals surface area contributed by atoms with Crippen molar-refractivity contribution in [3.8, 4) is 0 Å². The molecule has 0 saturated carbocycles. The molecule has 0 N–H and O–H groups in total. The Balaban J connectivity index is 3.37. The van der Waals surface area contributed by atoms with Gasteiger partial charge in [-0.3, -0.25) is 4.98 Å². The van der Waals surface area contributed by atoms with Gasteiger partial charge in [0.05, 0.1) is 16.1 Å². The van der Waals surface area contributed by atoms with E-state index in [1.807, 2.05) is 0 Å². The van der Waals surface area contributed by atoms with Gasteiger partial charge in [-0.15, -0.1) is 0 Å². The summed E-state index contributed by atoms with van der Waals surface area (Å²) >= 11 is 5.00. The molecule has 0 spiro atoms. The van der Waals surface area contributed by atoms with Crippen molar-refractivity contribution in [2.45, 2.75) is 12.4 Å². The number of aromatic nitrogens is 1. The van der Waals surface area contributed by atoms with Crippen molar-refractivity contribution in [2.24, 2.45) is 0 Å². The summed E-state index contributed by atoms with van der Waals surface area (Å²) < 4.78 is 72.8. The summed E-state index contributed by atoms with van der Waals surface area (Å²) in [5.74, 6) is 0. The summed E-state index contributed by atoms with van der Waals surface area (Å²) in [6.07, 6.45) is -9.41. The van der Waals surface area contributed by atoms with E-state index in [1.54, 1.807) is 0 Å². The van der Waals surface area contributed by atoms with Gasteiger partial charge in [0, 0.05) is 12.4 Å². The van der Waals surface area contributed by atoms with Crippen LogP contribution >= 0.6 is 11.6 Å².